The van der Waals surface area contributed by atoms with Crippen LogP contribution in [0.3, 0.4) is 0 Å². The molecule has 3 rings (SSSR count). The van der Waals surface area contributed by atoms with Crippen LogP contribution in [0.5, 0.6) is 0 Å². The van der Waals surface area contributed by atoms with Crippen LogP contribution < -0.4 is 0 Å². The predicted molar refractivity (Wildman–Crippen MR) is 110 cm³/mol. The van der Waals surface area contributed by atoms with Crippen molar-refractivity contribution in [1.29, 1.82) is 0 Å². The maximum Gasteiger partial charge on any atom is 0.244 e. The first-order chi connectivity index (χ1) is 13.7. The van der Waals surface area contributed by atoms with Crippen LogP contribution in [0.15, 0.2) is 35.2 Å². The van der Waals surface area contributed by atoms with E-state index in [2.05, 4.69) is 5.92 Å². The Morgan fingerprint density at radius 2 is 1.76 bits per heavy atom. The van der Waals surface area contributed by atoms with Crippen molar-refractivity contribution in [3.8, 4) is 12.3 Å². The van der Waals surface area contributed by atoms with Crippen LogP contribution >= 0.6 is 0 Å². The minimum atomic E-state index is -3.94. The quantitative estimate of drug-likeness (QED) is 0.598. The second-order valence-electron chi connectivity index (χ2n) is 7.59. The molecule has 2 fully saturated rings. The summed E-state index contributed by atoms with van der Waals surface area (Å²) in [5.41, 5.74) is 0. The molecule has 1 heterocycles. The van der Waals surface area contributed by atoms with E-state index in [1.807, 2.05) is 0 Å². The zero-order valence-corrected chi connectivity index (χ0v) is 17.9. The highest BCUT2D eigenvalue weighted by atomic mass is 32.2. The predicted octanol–water partition coefficient (Wildman–Crippen LogP) is 1.27. The Balaban J connectivity index is 1.85. The monoisotopic (exact) mass is 438 g/mol. The average Bonchev–Trinajstić information content (AvgIpc) is 3.32. The number of sulfone groups is 1. The van der Waals surface area contributed by atoms with Crippen molar-refractivity contribution in [2.45, 2.75) is 49.1 Å². The van der Waals surface area contributed by atoms with E-state index in [0.29, 0.717) is 6.42 Å². The SMILES string of the molecule is C#CCN(CC(=O)N(C1CCCC1)C1CCS(=O)(=O)C1)S(=O)(=O)c1ccccc1. The van der Waals surface area contributed by atoms with Gasteiger partial charge < -0.3 is 4.90 Å². The summed E-state index contributed by atoms with van der Waals surface area (Å²) < 4.78 is 50.9. The van der Waals surface area contributed by atoms with Crippen molar-refractivity contribution < 1.29 is 21.6 Å². The van der Waals surface area contributed by atoms with Crippen molar-refractivity contribution in [1.82, 2.24) is 9.21 Å². The molecule has 1 aromatic rings. The fraction of sp³-hybridized carbons (Fsp3) is 0.550. The number of hydrogen-bond acceptors (Lipinski definition) is 5. The van der Waals surface area contributed by atoms with Gasteiger partial charge in [0.1, 0.15) is 0 Å². The van der Waals surface area contributed by atoms with E-state index < -0.39 is 32.4 Å². The van der Waals surface area contributed by atoms with Gasteiger partial charge in [0.05, 0.1) is 29.5 Å². The van der Waals surface area contributed by atoms with E-state index in [1.54, 1.807) is 23.1 Å². The van der Waals surface area contributed by atoms with Gasteiger partial charge in [-0.25, -0.2) is 16.8 Å². The highest BCUT2D eigenvalue weighted by molar-refractivity contribution is 7.91. The average molecular weight is 439 g/mol. The van der Waals surface area contributed by atoms with Crippen molar-refractivity contribution >= 4 is 25.8 Å². The number of nitrogens with zero attached hydrogens (tertiary/aromatic N) is 2. The molecule has 1 saturated heterocycles. The summed E-state index contributed by atoms with van der Waals surface area (Å²) in [6.45, 7) is -0.626. The molecule has 1 aliphatic heterocycles. The number of rotatable bonds is 7. The van der Waals surface area contributed by atoms with Crippen LogP contribution in [0.25, 0.3) is 0 Å². The third-order valence-electron chi connectivity index (χ3n) is 5.57. The van der Waals surface area contributed by atoms with Gasteiger partial charge in [0.15, 0.2) is 9.84 Å². The summed E-state index contributed by atoms with van der Waals surface area (Å²) in [4.78, 5) is 15.0. The minimum Gasteiger partial charge on any atom is -0.335 e. The van der Waals surface area contributed by atoms with Crippen molar-refractivity contribution in [2.75, 3.05) is 24.6 Å². The maximum absolute atomic E-state index is 13.2. The van der Waals surface area contributed by atoms with Crippen LogP contribution in [-0.4, -0.2) is 68.6 Å². The summed E-state index contributed by atoms with van der Waals surface area (Å²) in [5.74, 6) is 1.94. The van der Waals surface area contributed by atoms with E-state index >= 15 is 0 Å². The molecule has 0 spiro atoms. The lowest BCUT2D eigenvalue weighted by Crippen LogP contribution is -2.51. The van der Waals surface area contributed by atoms with Crippen molar-refractivity contribution in [3.05, 3.63) is 30.3 Å². The summed E-state index contributed by atoms with van der Waals surface area (Å²) in [5, 5.41) is 0. The van der Waals surface area contributed by atoms with Crippen LogP contribution in [0.4, 0.5) is 0 Å². The summed E-state index contributed by atoms with van der Waals surface area (Å²) in [6, 6.07) is 7.39. The van der Waals surface area contributed by atoms with Gasteiger partial charge in [0.2, 0.25) is 15.9 Å². The molecular weight excluding hydrogens is 412 g/mol. The fourth-order valence-electron chi connectivity index (χ4n) is 4.18. The maximum atomic E-state index is 13.2. The van der Waals surface area contributed by atoms with Crippen molar-refractivity contribution in [3.63, 3.8) is 0 Å². The fourth-order valence-corrected chi connectivity index (χ4v) is 7.22. The van der Waals surface area contributed by atoms with Gasteiger partial charge in [-0.1, -0.05) is 37.0 Å². The molecule has 0 aromatic heterocycles. The first-order valence-electron chi connectivity index (χ1n) is 9.75. The Hall–Kier alpha value is -1.89. The van der Waals surface area contributed by atoms with Gasteiger partial charge in [0, 0.05) is 12.1 Å². The molecule has 1 amide bonds. The van der Waals surface area contributed by atoms with E-state index in [4.69, 9.17) is 6.42 Å². The largest absolute Gasteiger partial charge is 0.335 e. The second-order valence-corrected chi connectivity index (χ2v) is 11.8. The number of amides is 1. The molecule has 158 valence electrons. The van der Waals surface area contributed by atoms with E-state index in [0.717, 1.165) is 30.0 Å². The highest BCUT2D eigenvalue weighted by Crippen LogP contribution is 2.29. The third-order valence-corrected chi connectivity index (χ3v) is 9.12. The van der Waals surface area contributed by atoms with Gasteiger partial charge in [-0.05, 0) is 31.4 Å². The molecule has 1 aromatic carbocycles. The lowest BCUT2D eigenvalue weighted by Gasteiger charge is -2.35. The smallest absolute Gasteiger partial charge is 0.244 e. The third kappa shape index (κ3) is 5.00. The Kier molecular flexibility index (Phi) is 6.66. The van der Waals surface area contributed by atoms with Crippen LogP contribution in [0.1, 0.15) is 32.1 Å². The lowest BCUT2D eigenvalue weighted by molar-refractivity contribution is -0.135. The molecular formula is C20H26N2O5S2. The number of carbonyl (C=O) groups is 1. The first kappa shape index (κ1) is 21.8. The zero-order valence-electron chi connectivity index (χ0n) is 16.2. The number of terminal acetylenes is 1. The van der Waals surface area contributed by atoms with E-state index in [9.17, 15) is 21.6 Å². The highest BCUT2D eigenvalue weighted by Gasteiger charge is 2.40. The minimum absolute atomic E-state index is 0.0482. The normalized spacial score (nSPS) is 21.9. The summed E-state index contributed by atoms with van der Waals surface area (Å²) in [6.07, 6.45) is 9.34. The number of carbonyl (C=O) groups excluding carboxylic acids is 1. The van der Waals surface area contributed by atoms with E-state index in [1.165, 1.54) is 12.1 Å². The molecule has 1 aliphatic carbocycles. The molecule has 9 heteroatoms. The molecule has 0 radical (unpaired) electrons. The van der Waals surface area contributed by atoms with Gasteiger partial charge in [0.25, 0.3) is 0 Å². The number of sulfonamides is 1. The lowest BCUT2D eigenvalue weighted by atomic mass is 10.1. The molecule has 1 atom stereocenters. The van der Waals surface area contributed by atoms with Gasteiger partial charge in [-0.2, -0.15) is 4.31 Å². The Bertz CT molecular complexity index is 977. The molecule has 2 aliphatic rings. The summed E-state index contributed by atoms with van der Waals surface area (Å²) >= 11 is 0. The Morgan fingerprint density at radius 1 is 1.10 bits per heavy atom. The topological polar surface area (TPSA) is 91.8 Å². The molecule has 29 heavy (non-hydrogen) atoms. The molecule has 0 N–H and O–H groups in total. The number of benzene rings is 1. The van der Waals surface area contributed by atoms with Crippen LogP contribution in [0.2, 0.25) is 0 Å². The summed E-state index contributed by atoms with van der Waals surface area (Å²) in [7, 11) is -7.11. The molecule has 7 nitrogen and oxygen atoms in total. The Labute approximate surface area is 173 Å². The molecule has 1 saturated carbocycles. The molecule has 0 bridgehead atoms. The number of hydrogen-bond donors (Lipinski definition) is 0. The van der Waals surface area contributed by atoms with Gasteiger partial charge in [-0.15, -0.1) is 6.42 Å². The van der Waals surface area contributed by atoms with Crippen LogP contribution in [0, 0.1) is 12.3 Å². The molecule has 1 unspecified atom stereocenters. The van der Waals surface area contributed by atoms with Gasteiger partial charge in [-0.3, -0.25) is 4.79 Å². The van der Waals surface area contributed by atoms with Crippen LogP contribution in [-0.2, 0) is 24.7 Å². The van der Waals surface area contributed by atoms with Gasteiger partial charge >= 0.3 is 0 Å². The van der Waals surface area contributed by atoms with E-state index in [-0.39, 0.29) is 34.9 Å². The zero-order chi connectivity index (χ0) is 21.1. The second kappa shape index (κ2) is 8.86. The Morgan fingerprint density at radius 3 is 2.31 bits per heavy atom. The standard InChI is InChI=1S/C20H26N2O5S2/c1-2-13-21(29(26,27)19-10-4-3-5-11-19)15-20(23)22(17-8-6-7-9-17)18-12-14-28(24,25)16-18/h1,3-5,10-11,17-18H,6-9,12-16H2. The first-order valence-corrected chi connectivity index (χ1v) is 13.0. The van der Waals surface area contributed by atoms with Crippen molar-refractivity contribution in [2.24, 2.45) is 0 Å².